The van der Waals surface area contributed by atoms with Crippen LogP contribution in [0.1, 0.15) is 110 Å². The van der Waals surface area contributed by atoms with Crippen LogP contribution in [0.3, 0.4) is 0 Å². The molecular weight excluding hydrogens is 463 g/mol. The van der Waals surface area contributed by atoms with Crippen LogP contribution in [0.2, 0.25) is 10.0 Å². The van der Waals surface area contributed by atoms with E-state index in [1.807, 2.05) is 24.3 Å². The van der Waals surface area contributed by atoms with Gasteiger partial charge in [0.2, 0.25) is 0 Å². The summed E-state index contributed by atoms with van der Waals surface area (Å²) >= 11 is 12.2. The van der Waals surface area contributed by atoms with Gasteiger partial charge < -0.3 is 0 Å². The first kappa shape index (κ1) is 28.6. The molecule has 0 bridgehead atoms. The minimum absolute atomic E-state index is 0.0975. The van der Waals surface area contributed by atoms with Crippen molar-refractivity contribution in [2.24, 2.45) is 0 Å². The van der Waals surface area contributed by atoms with Crippen LogP contribution in [0.4, 0.5) is 0 Å². The van der Waals surface area contributed by atoms with Crippen molar-refractivity contribution in [1.29, 1.82) is 0 Å². The number of rotatable bonds is 19. The van der Waals surface area contributed by atoms with Crippen molar-refractivity contribution in [3.05, 3.63) is 58.6 Å². The highest BCUT2D eigenvalue weighted by molar-refractivity contribution is 7.97. The van der Waals surface area contributed by atoms with Crippen LogP contribution in [0.5, 0.6) is 0 Å². The third kappa shape index (κ3) is 13.1. The molecule has 0 nitrogen and oxygen atoms in total. The molecule has 2 aromatic rings. The molecule has 2 aromatic carbocycles. The van der Waals surface area contributed by atoms with Crippen molar-refractivity contribution in [2.75, 3.05) is 5.75 Å². The molecule has 184 valence electrons. The van der Waals surface area contributed by atoms with Gasteiger partial charge in [-0.1, -0.05) is 120 Å². The van der Waals surface area contributed by atoms with Gasteiger partial charge >= 0.3 is 0 Å². The minimum atomic E-state index is 0.0975. The second kappa shape index (κ2) is 18.7. The van der Waals surface area contributed by atoms with Crippen LogP contribution >= 0.6 is 23.2 Å². The minimum Gasteiger partial charge on any atom is -0.0843 e. The van der Waals surface area contributed by atoms with E-state index >= 15 is 0 Å². The number of hydrogen-bond donors (Lipinski definition) is 0. The lowest BCUT2D eigenvalue weighted by atomic mass is 10.0. The van der Waals surface area contributed by atoms with Gasteiger partial charge in [-0.2, -0.15) is 0 Å². The molecule has 0 aliphatic rings. The summed E-state index contributed by atoms with van der Waals surface area (Å²) in [6, 6.07) is 16.8. The Bertz CT molecular complexity index is 666. The predicted octanol–water partition coefficient (Wildman–Crippen LogP) is 11.3. The highest BCUT2D eigenvalue weighted by atomic mass is 35.5. The summed E-state index contributed by atoms with van der Waals surface area (Å²) in [7, 11) is 0.0975. The van der Waals surface area contributed by atoms with Gasteiger partial charge in [0.05, 0.1) is 10.9 Å². The molecule has 3 heteroatoms. The first-order chi connectivity index (χ1) is 16.2. The fraction of sp³-hybridized carbons (Fsp3) is 0.600. The number of halogens is 2. The van der Waals surface area contributed by atoms with Crippen molar-refractivity contribution in [3.63, 3.8) is 0 Å². The maximum atomic E-state index is 6.12. The smallest absolute Gasteiger partial charge is 0.0843 e. The lowest BCUT2D eigenvalue weighted by Gasteiger charge is -2.09. The van der Waals surface area contributed by atoms with Crippen molar-refractivity contribution in [3.8, 4) is 0 Å². The summed E-state index contributed by atoms with van der Waals surface area (Å²) in [6.07, 6.45) is 22.6. The van der Waals surface area contributed by atoms with Crippen molar-refractivity contribution in [2.45, 2.75) is 119 Å². The van der Waals surface area contributed by atoms with Crippen molar-refractivity contribution >= 4 is 34.1 Å². The van der Waals surface area contributed by atoms with Gasteiger partial charge in [0, 0.05) is 10.0 Å². The van der Waals surface area contributed by atoms with Gasteiger partial charge in [0.15, 0.2) is 9.79 Å². The molecule has 0 saturated heterocycles. The number of hydrogen-bond acceptors (Lipinski definition) is 0. The van der Waals surface area contributed by atoms with E-state index in [0.717, 1.165) is 10.0 Å². The first-order valence-corrected chi connectivity index (χ1v) is 15.6. The van der Waals surface area contributed by atoms with E-state index in [0.29, 0.717) is 0 Å². The molecule has 0 heterocycles. The third-order valence-electron chi connectivity index (χ3n) is 6.40. The molecular formula is C30H45Cl2S+. The first-order valence-electron chi connectivity index (χ1n) is 13.4. The Morgan fingerprint density at radius 3 is 1.09 bits per heavy atom. The topological polar surface area (TPSA) is 0 Å². The average molecular weight is 509 g/mol. The maximum Gasteiger partial charge on any atom is 0.160 e. The molecule has 0 radical (unpaired) electrons. The van der Waals surface area contributed by atoms with Gasteiger partial charge in [-0.25, -0.2) is 0 Å². The Kier molecular flexibility index (Phi) is 16.2. The van der Waals surface area contributed by atoms with E-state index in [4.69, 9.17) is 23.2 Å². The largest absolute Gasteiger partial charge is 0.160 e. The number of unbranched alkanes of at least 4 members (excludes halogenated alkanes) is 15. The normalized spacial score (nSPS) is 11.4. The summed E-state index contributed by atoms with van der Waals surface area (Å²) in [6.45, 7) is 2.29. The lowest BCUT2D eigenvalue weighted by molar-refractivity contribution is 0.531. The summed E-state index contributed by atoms with van der Waals surface area (Å²) in [4.78, 5) is 2.75. The van der Waals surface area contributed by atoms with Gasteiger partial charge in [-0.05, 0) is 61.4 Å². The van der Waals surface area contributed by atoms with Crippen LogP contribution in [0.25, 0.3) is 0 Å². The van der Waals surface area contributed by atoms with E-state index in [9.17, 15) is 0 Å². The molecule has 0 atom stereocenters. The summed E-state index contributed by atoms with van der Waals surface area (Å²) in [5, 5.41) is 1.61. The SMILES string of the molecule is CCCCCCCCCCCCCCCCCC[S+](c1ccc(Cl)cc1)c1ccc(Cl)cc1. The summed E-state index contributed by atoms with van der Waals surface area (Å²) in [5.74, 6) is 1.21. The Hall–Kier alpha value is -0.630. The molecule has 0 aliphatic carbocycles. The summed E-state index contributed by atoms with van der Waals surface area (Å²) < 4.78 is 0. The standard InChI is InChI=1S/C30H45Cl2S/c1-2-3-4-5-6-7-8-9-10-11-12-13-14-15-16-17-26-33(29-22-18-27(31)19-23-29)30-24-20-28(32)21-25-30/h18-25H,2-17,26H2,1H3/q+1. The van der Waals surface area contributed by atoms with Crippen LogP contribution < -0.4 is 0 Å². The predicted molar refractivity (Wildman–Crippen MR) is 151 cm³/mol. The highest BCUT2D eigenvalue weighted by Crippen LogP contribution is 2.27. The van der Waals surface area contributed by atoms with Gasteiger partial charge in [0.1, 0.15) is 5.75 Å². The monoisotopic (exact) mass is 507 g/mol. The van der Waals surface area contributed by atoms with Crippen LogP contribution in [0.15, 0.2) is 58.3 Å². The van der Waals surface area contributed by atoms with Gasteiger partial charge in [0.25, 0.3) is 0 Å². The van der Waals surface area contributed by atoms with E-state index < -0.39 is 0 Å². The van der Waals surface area contributed by atoms with Crippen LogP contribution in [-0.2, 0) is 10.9 Å². The zero-order chi connectivity index (χ0) is 23.6. The second-order valence-electron chi connectivity index (χ2n) is 9.31. The molecule has 0 amide bonds. The molecule has 2 rings (SSSR count). The Balaban J connectivity index is 1.53. The van der Waals surface area contributed by atoms with Crippen LogP contribution in [-0.4, -0.2) is 5.75 Å². The number of benzene rings is 2. The van der Waals surface area contributed by atoms with Crippen LogP contribution in [0, 0.1) is 0 Å². The van der Waals surface area contributed by atoms with Gasteiger partial charge in [-0.3, -0.25) is 0 Å². The van der Waals surface area contributed by atoms with E-state index in [-0.39, 0.29) is 10.9 Å². The third-order valence-corrected chi connectivity index (χ3v) is 9.28. The zero-order valence-electron chi connectivity index (χ0n) is 20.8. The second-order valence-corrected chi connectivity index (χ2v) is 12.3. The Morgan fingerprint density at radius 2 is 0.758 bits per heavy atom. The lowest BCUT2D eigenvalue weighted by Crippen LogP contribution is -2.09. The fourth-order valence-electron chi connectivity index (χ4n) is 4.36. The zero-order valence-corrected chi connectivity index (χ0v) is 23.1. The maximum absolute atomic E-state index is 6.12. The highest BCUT2D eigenvalue weighted by Gasteiger charge is 2.24. The Morgan fingerprint density at radius 1 is 0.455 bits per heavy atom. The van der Waals surface area contributed by atoms with Gasteiger partial charge in [-0.15, -0.1) is 0 Å². The summed E-state index contributed by atoms with van der Waals surface area (Å²) in [5.41, 5.74) is 0. The molecule has 0 saturated carbocycles. The quantitative estimate of drug-likeness (QED) is 0.131. The Labute approximate surface area is 217 Å². The molecule has 0 aromatic heterocycles. The average Bonchev–Trinajstić information content (AvgIpc) is 2.83. The molecule has 0 aliphatic heterocycles. The van der Waals surface area contributed by atoms with Crippen molar-refractivity contribution < 1.29 is 0 Å². The van der Waals surface area contributed by atoms with E-state index in [1.165, 1.54) is 118 Å². The van der Waals surface area contributed by atoms with E-state index in [1.54, 1.807) is 0 Å². The molecule has 0 N–H and O–H groups in total. The fourth-order valence-corrected chi connectivity index (χ4v) is 6.78. The van der Waals surface area contributed by atoms with E-state index in [2.05, 4.69) is 31.2 Å². The molecule has 0 unspecified atom stereocenters. The molecule has 0 spiro atoms. The molecule has 0 fully saturated rings. The molecule has 33 heavy (non-hydrogen) atoms. The van der Waals surface area contributed by atoms with Crippen molar-refractivity contribution in [1.82, 2.24) is 0 Å².